The zero-order chi connectivity index (χ0) is 71.8. The van der Waals surface area contributed by atoms with Gasteiger partial charge in [-0.05, 0) is 44.9 Å². The summed E-state index contributed by atoms with van der Waals surface area (Å²) in [5.74, 6) is 1.61. The van der Waals surface area contributed by atoms with Crippen molar-refractivity contribution in [1.29, 1.82) is 0 Å². The molecule has 4 aromatic carbocycles. The second-order valence-corrected chi connectivity index (χ2v) is 24.6. The van der Waals surface area contributed by atoms with Gasteiger partial charge in [-0.3, -0.25) is 14.4 Å². The minimum absolute atomic E-state index is 0. The average molecular weight is 1520 g/mol. The zero-order valence-corrected chi connectivity index (χ0v) is 57.1. The summed E-state index contributed by atoms with van der Waals surface area (Å²) in [7, 11) is 0. The van der Waals surface area contributed by atoms with Crippen molar-refractivity contribution in [3.05, 3.63) is 184 Å². The molecule has 3 amide bonds. The first-order valence-electron chi connectivity index (χ1n) is 30.2. The van der Waals surface area contributed by atoms with E-state index in [-0.39, 0.29) is 126 Å². The summed E-state index contributed by atoms with van der Waals surface area (Å²) in [6, 6.07) is 26.7. The Kier molecular flexibility index (Phi) is 32.7. The van der Waals surface area contributed by atoms with Crippen molar-refractivity contribution in [3.8, 4) is 45.6 Å². The first kappa shape index (κ1) is 90.3. The molecule has 21 nitrogen and oxygen atoms in total. The van der Waals surface area contributed by atoms with Gasteiger partial charge in [-0.1, -0.05) is 127 Å². The number of likely N-dealkylation sites (tertiary alicyclic amines) is 3. The summed E-state index contributed by atoms with van der Waals surface area (Å²) in [4.78, 5) is 74.6. The summed E-state index contributed by atoms with van der Waals surface area (Å²) < 4.78 is 129. The molecular weight excluding hydrogens is 1430 g/mol. The lowest BCUT2D eigenvalue weighted by Crippen LogP contribution is -2.52. The van der Waals surface area contributed by atoms with E-state index in [0.717, 1.165) is 54.3 Å². The van der Waals surface area contributed by atoms with Crippen LogP contribution in [0.3, 0.4) is 0 Å². The number of aromatic nitrogens is 8. The molecular formula is C71H84Cl3F9N16O5. The quantitative estimate of drug-likeness (QED) is 0.0789. The Balaban J connectivity index is 0.000000456. The molecule has 0 unspecified atom stereocenters. The third-order valence-corrected chi connectivity index (χ3v) is 15.6. The first-order valence-corrected chi connectivity index (χ1v) is 30.6. The van der Waals surface area contributed by atoms with Gasteiger partial charge in [0.1, 0.15) is 28.9 Å². The minimum atomic E-state index is -4.58. The first-order chi connectivity index (χ1) is 46.1. The molecule has 4 fully saturated rings. The van der Waals surface area contributed by atoms with E-state index in [4.69, 9.17) is 30.2 Å². The number of carbonyl (C=O) groups excluding carboxylic acids is 4. The maximum Gasteiger partial charge on any atom is 0.434 e. The molecule has 4 aliphatic rings. The molecule has 4 saturated heterocycles. The Hall–Kier alpha value is -9.77. The number of hydrogen-bond donors (Lipinski definition) is 2. The Labute approximate surface area is 616 Å². The summed E-state index contributed by atoms with van der Waals surface area (Å²) in [6.07, 6.45) is -8.98. The molecule has 12 rings (SSSR count). The molecule has 0 spiro atoms. The summed E-state index contributed by atoms with van der Waals surface area (Å²) in [5.41, 5.74) is 8.02. The van der Waals surface area contributed by atoms with Crippen LogP contribution in [0.25, 0.3) is 60.1 Å². The summed E-state index contributed by atoms with van der Waals surface area (Å²) in [6.45, 7) is 36.7. The largest absolute Gasteiger partial charge is 0.444 e. The number of alkyl halides is 9. The van der Waals surface area contributed by atoms with Gasteiger partial charge in [0.2, 0.25) is 17.1 Å². The van der Waals surface area contributed by atoms with Gasteiger partial charge in [0, 0.05) is 127 Å². The van der Waals surface area contributed by atoms with Crippen molar-refractivity contribution >= 4 is 76.6 Å². The van der Waals surface area contributed by atoms with E-state index in [9.17, 15) is 58.7 Å². The number of imidazole rings is 4. The van der Waals surface area contributed by atoms with Gasteiger partial charge in [0.05, 0.1) is 49.6 Å². The third kappa shape index (κ3) is 22.9. The van der Waals surface area contributed by atoms with Crippen LogP contribution < -0.4 is 11.1 Å². The SMILES string of the molecule is C.C.C.C.CC(=O)Cl.CC(=O)N1CC(n2cc(C(F)(F)F)nc2-c2ccc(CN)cc2)C1.Cl.Cl.[C-]#[N+]c1ccc(-c2nc(C(F)(F)F)cn2C2CN(C(=O)OC(C)(C)C)C2)cc1.[C-]#[N+]c1ccc(-c2nc(C(F)(F)F)cn2C2CNC2)cc1.[C-]#[N+]c1ccc(-c2nc(C)cn2C2CN(C(C)=O)C2)cc1. The molecule has 0 aliphatic carbocycles. The lowest BCUT2D eigenvalue weighted by Gasteiger charge is -2.40. The number of rotatable bonds is 9. The van der Waals surface area contributed by atoms with Gasteiger partial charge in [-0.15, -0.1) is 24.8 Å². The van der Waals surface area contributed by atoms with Crippen LogP contribution in [-0.4, -0.2) is 134 Å². The third-order valence-electron chi connectivity index (χ3n) is 15.6. The monoisotopic (exact) mass is 1520 g/mol. The highest BCUT2D eigenvalue weighted by Crippen LogP contribution is 2.39. The van der Waals surface area contributed by atoms with Gasteiger partial charge in [-0.2, -0.15) is 39.5 Å². The van der Waals surface area contributed by atoms with E-state index in [1.165, 1.54) is 40.0 Å². The van der Waals surface area contributed by atoms with Gasteiger partial charge in [-0.25, -0.2) is 39.3 Å². The molecule has 562 valence electrons. The second-order valence-electron chi connectivity index (χ2n) is 24.0. The van der Waals surface area contributed by atoms with Crippen molar-refractivity contribution in [2.45, 2.75) is 133 Å². The van der Waals surface area contributed by atoms with Crippen LogP contribution in [0, 0.1) is 26.6 Å². The fourth-order valence-corrected chi connectivity index (χ4v) is 10.3. The van der Waals surface area contributed by atoms with Crippen LogP contribution in [0.15, 0.2) is 122 Å². The number of aryl methyl sites for hydroxylation is 1. The van der Waals surface area contributed by atoms with Crippen LogP contribution in [0.4, 0.5) is 61.4 Å². The predicted octanol–water partition coefficient (Wildman–Crippen LogP) is 17.6. The van der Waals surface area contributed by atoms with Gasteiger partial charge >= 0.3 is 24.6 Å². The van der Waals surface area contributed by atoms with Crippen molar-refractivity contribution in [3.63, 3.8) is 0 Å². The van der Waals surface area contributed by atoms with Gasteiger partial charge in [0.25, 0.3) is 0 Å². The van der Waals surface area contributed by atoms with Gasteiger partial charge in [0.15, 0.2) is 34.1 Å². The van der Waals surface area contributed by atoms with Crippen LogP contribution in [-0.2, 0) is 44.2 Å². The standard InChI is InChI=1S/C19H19F3N4O2.C16H17F3N4O.C16H16N4O.C14H11F3N4.C2H3ClO.4CH4.2ClH/c1-18(2,3)28-17(27)25-9-14(10-25)26-11-15(19(20,21)22)24-16(26)12-5-7-13(23-4)8-6-12;1-10(24)22-7-13(8-22)23-9-14(16(17,18)19)21-15(23)12-4-2-11(6-20)3-5-12;1-11-8-20(15-9-19(10-15)12(2)21)16(18-11)13-4-6-14(17-3)7-5-13;1-18-10-4-2-9(3-5-10)13-20-12(14(15,16)17)8-21(13)11-6-19-7-11;1-2(3)4;;;;;;/h5-8,11,14H,9-10H2,1-3H3;2-5,9,13H,6-8,20H2,1H3;4-8,15H,9-10H2,1-2H3;2-5,8,11,19H,6-7H2;1H3;4*1H4;2*1H. The fourth-order valence-electron chi connectivity index (χ4n) is 10.3. The lowest BCUT2D eigenvalue weighted by molar-refractivity contribution is -0.141. The normalized spacial score (nSPS) is 14.0. The molecule has 4 aliphatic heterocycles. The molecule has 8 aromatic rings. The van der Waals surface area contributed by atoms with Crippen molar-refractivity contribution in [2.75, 3.05) is 52.4 Å². The molecule has 0 saturated carbocycles. The minimum Gasteiger partial charge on any atom is -0.444 e. The van der Waals surface area contributed by atoms with Crippen molar-refractivity contribution < 1.29 is 63.4 Å². The smallest absolute Gasteiger partial charge is 0.434 e. The topological polar surface area (TPSA) is 210 Å². The highest BCUT2D eigenvalue weighted by molar-refractivity contribution is 6.62. The average Bonchev–Trinajstić information content (AvgIpc) is 1.59. The Morgan fingerprint density at radius 1 is 0.490 bits per heavy atom. The van der Waals surface area contributed by atoms with Gasteiger partial charge < -0.3 is 48.8 Å². The van der Waals surface area contributed by atoms with E-state index >= 15 is 0 Å². The summed E-state index contributed by atoms with van der Waals surface area (Å²) in [5, 5.41) is 2.67. The molecule has 0 bridgehead atoms. The number of amides is 3. The van der Waals surface area contributed by atoms with E-state index in [1.54, 1.807) is 110 Å². The molecule has 4 aromatic heterocycles. The number of nitrogens with two attached hydrogens (primary N) is 1. The number of halogens is 12. The number of hydrogen-bond acceptors (Lipinski definition) is 11. The van der Waals surface area contributed by atoms with Crippen molar-refractivity contribution in [2.24, 2.45) is 5.73 Å². The number of carbonyl (C=O) groups is 4. The second kappa shape index (κ2) is 37.6. The number of nitrogens with one attached hydrogen (secondary N) is 1. The molecule has 0 atom stereocenters. The van der Waals surface area contributed by atoms with Crippen LogP contribution in [0.2, 0.25) is 0 Å². The molecule has 104 heavy (non-hydrogen) atoms. The maximum absolute atomic E-state index is 13.2. The zero-order valence-electron chi connectivity index (χ0n) is 54.7. The number of benzene rings is 4. The Morgan fingerprint density at radius 3 is 1.01 bits per heavy atom. The number of nitrogens with zero attached hydrogens (tertiary/aromatic N) is 14. The number of ether oxygens (including phenoxy) is 1. The maximum atomic E-state index is 13.2. The summed E-state index contributed by atoms with van der Waals surface area (Å²) >= 11 is 4.64. The fraction of sp³-hybridized carbons (Fsp3) is 0.394. The lowest BCUT2D eigenvalue weighted by atomic mass is 10.1. The molecule has 33 heteroatoms. The molecule has 8 heterocycles. The van der Waals surface area contributed by atoms with E-state index in [2.05, 4.69) is 56.0 Å². The highest BCUT2D eigenvalue weighted by Gasteiger charge is 2.42. The molecule has 3 N–H and O–H groups in total. The Morgan fingerprint density at radius 2 is 0.760 bits per heavy atom. The van der Waals surface area contributed by atoms with Crippen LogP contribution in [0.1, 0.15) is 124 Å². The highest BCUT2D eigenvalue weighted by atomic mass is 35.5. The van der Waals surface area contributed by atoms with Crippen LogP contribution >= 0.6 is 36.4 Å². The van der Waals surface area contributed by atoms with E-state index in [1.807, 2.05) is 30.2 Å². The predicted molar refractivity (Wildman–Crippen MR) is 386 cm³/mol. The van der Waals surface area contributed by atoms with E-state index in [0.29, 0.717) is 66.5 Å². The van der Waals surface area contributed by atoms with E-state index < -0.39 is 47.3 Å². The Bertz CT molecular complexity index is 4270. The van der Waals surface area contributed by atoms with Crippen LogP contribution in [0.5, 0.6) is 0 Å². The molecule has 0 radical (unpaired) electrons. The van der Waals surface area contributed by atoms with Crippen molar-refractivity contribution in [1.82, 2.24) is 58.2 Å².